The molecule has 96 valence electrons. The van der Waals surface area contributed by atoms with Gasteiger partial charge in [-0.15, -0.1) is 0 Å². The second-order valence-electron chi connectivity index (χ2n) is 3.65. The van der Waals surface area contributed by atoms with Crippen molar-refractivity contribution in [3.8, 4) is 6.07 Å². The Morgan fingerprint density at radius 1 is 1.58 bits per heavy atom. The first-order valence-corrected chi connectivity index (χ1v) is 5.45. The quantitative estimate of drug-likeness (QED) is 0.638. The molecule has 19 heavy (non-hydrogen) atoms. The van der Waals surface area contributed by atoms with Gasteiger partial charge in [-0.25, -0.2) is 4.39 Å². The lowest BCUT2D eigenvalue weighted by molar-refractivity contribution is -0.389. The van der Waals surface area contributed by atoms with Gasteiger partial charge in [-0.05, 0) is 11.0 Å². The van der Waals surface area contributed by atoms with E-state index in [1.165, 1.54) is 24.4 Å². The maximum atomic E-state index is 13.8. The fourth-order valence-electron chi connectivity index (χ4n) is 1.55. The van der Waals surface area contributed by atoms with E-state index < -0.39 is 16.6 Å². The second-order valence-corrected chi connectivity index (χ2v) is 4.05. The third kappa shape index (κ3) is 2.53. The van der Waals surface area contributed by atoms with Gasteiger partial charge in [0.15, 0.2) is 5.02 Å². The SMILES string of the molecule is N#Cc1cccc(Cn2cc(Cl)c([N+](=O)[O-])n2)c1F. The molecule has 6 nitrogen and oxygen atoms in total. The Morgan fingerprint density at radius 3 is 2.89 bits per heavy atom. The first-order valence-electron chi connectivity index (χ1n) is 5.07. The van der Waals surface area contributed by atoms with Crippen LogP contribution in [0.2, 0.25) is 5.02 Å². The summed E-state index contributed by atoms with van der Waals surface area (Å²) in [6.07, 6.45) is 1.23. The number of nitro groups is 1. The molecule has 0 radical (unpaired) electrons. The van der Waals surface area contributed by atoms with Gasteiger partial charge in [-0.2, -0.15) is 9.94 Å². The highest BCUT2D eigenvalue weighted by Crippen LogP contribution is 2.22. The van der Waals surface area contributed by atoms with E-state index in [0.29, 0.717) is 0 Å². The summed E-state index contributed by atoms with van der Waals surface area (Å²) >= 11 is 5.63. The summed E-state index contributed by atoms with van der Waals surface area (Å²) in [4.78, 5) is 9.86. The van der Waals surface area contributed by atoms with Gasteiger partial charge in [0.05, 0.1) is 23.4 Å². The van der Waals surface area contributed by atoms with Crippen LogP contribution in [0.4, 0.5) is 10.2 Å². The van der Waals surface area contributed by atoms with Gasteiger partial charge >= 0.3 is 5.82 Å². The summed E-state index contributed by atoms with van der Waals surface area (Å²) in [6, 6.07) is 6.06. The molecule has 0 N–H and O–H groups in total. The summed E-state index contributed by atoms with van der Waals surface area (Å²) < 4.78 is 14.9. The number of aromatic nitrogens is 2. The molecule has 0 atom stereocenters. The fourth-order valence-corrected chi connectivity index (χ4v) is 1.77. The molecular formula is C11H6ClFN4O2. The van der Waals surface area contributed by atoms with Crippen molar-refractivity contribution >= 4 is 17.4 Å². The highest BCUT2D eigenvalue weighted by Gasteiger charge is 2.20. The molecule has 0 spiro atoms. The number of halogens is 2. The van der Waals surface area contributed by atoms with Crippen molar-refractivity contribution < 1.29 is 9.31 Å². The van der Waals surface area contributed by atoms with Crippen LogP contribution in [-0.2, 0) is 6.54 Å². The number of nitriles is 1. The summed E-state index contributed by atoms with van der Waals surface area (Å²) in [5, 5.41) is 22.8. The van der Waals surface area contributed by atoms with Gasteiger partial charge in [-0.1, -0.05) is 23.7 Å². The molecule has 0 amide bonds. The first kappa shape index (κ1) is 13.0. The molecule has 0 bridgehead atoms. The van der Waals surface area contributed by atoms with Crippen LogP contribution in [0.25, 0.3) is 0 Å². The standard InChI is InChI=1S/C11H6ClFN4O2/c12-9-6-16(15-11(9)17(18)19)5-8-3-1-2-7(4-14)10(8)13/h1-3,6H,5H2. The summed E-state index contributed by atoms with van der Waals surface area (Å²) in [5.74, 6) is -1.15. The van der Waals surface area contributed by atoms with Crippen LogP contribution >= 0.6 is 11.6 Å². The van der Waals surface area contributed by atoms with Crippen molar-refractivity contribution in [2.75, 3.05) is 0 Å². The van der Waals surface area contributed by atoms with Crippen LogP contribution in [0.1, 0.15) is 11.1 Å². The number of hydrogen-bond donors (Lipinski definition) is 0. The minimum absolute atomic E-state index is 0.0467. The van der Waals surface area contributed by atoms with Gasteiger partial charge in [0.1, 0.15) is 11.9 Å². The predicted molar refractivity (Wildman–Crippen MR) is 64.1 cm³/mol. The number of hydrogen-bond acceptors (Lipinski definition) is 4. The molecule has 8 heteroatoms. The Bertz CT molecular complexity index is 692. The molecule has 2 rings (SSSR count). The van der Waals surface area contributed by atoms with Crippen LogP contribution in [0, 0.1) is 27.3 Å². The van der Waals surface area contributed by atoms with E-state index in [9.17, 15) is 14.5 Å². The van der Waals surface area contributed by atoms with Gasteiger partial charge < -0.3 is 10.1 Å². The second kappa shape index (κ2) is 5.04. The lowest BCUT2D eigenvalue weighted by atomic mass is 10.1. The maximum Gasteiger partial charge on any atom is 0.408 e. The molecule has 1 aromatic carbocycles. The van der Waals surface area contributed by atoms with Gasteiger partial charge in [0.25, 0.3) is 0 Å². The number of rotatable bonds is 3. The minimum atomic E-state index is -0.721. The Balaban J connectivity index is 2.35. The highest BCUT2D eigenvalue weighted by molar-refractivity contribution is 6.32. The summed E-state index contributed by atoms with van der Waals surface area (Å²) in [5.41, 5.74) is 0.110. The van der Waals surface area contributed by atoms with E-state index >= 15 is 0 Å². The zero-order valence-electron chi connectivity index (χ0n) is 9.38. The zero-order chi connectivity index (χ0) is 14.0. The maximum absolute atomic E-state index is 13.8. The molecular weight excluding hydrogens is 275 g/mol. The Kier molecular flexibility index (Phi) is 3.44. The molecule has 0 aliphatic carbocycles. The van der Waals surface area contributed by atoms with Crippen molar-refractivity contribution in [3.63, 3.8) is 0 Å². The van der Waals surface area contributed by atoms with E-state index in [0.717, 1.165) is 4.68 Å². The average molecular weight is 281 g/mol. The fraction of sp³-hybridized carbons (Fsp3) is 0.0909. The third-order valence-electron chi connectivity index (χ3n) is 2.40. The van der Waals surface area contributed by atoms with Crippen molar-refractivity contribution in [2.45, 2.75) is 6.54 Å². The predicted octanol–water partition coefficient (Wildman–Crippen LogP) is 2.50. The van der Waals surface area contributed by atoms with Crippen LogP contribution in [0.15, 0.2) is 24.4 Å². The molecule has 0 fully saturated rings. The van der Waals surface area contributed by atoms with Crippen LogP contribution in [0.3, 0.4) is 0 Å². The van der Waals surface area contributed by atoms with E-state index in [4.69, 9.17) is 16.9 Å². The molecule has 0 saturated carbocycles. The Hall–Kier alpha value is -2.46. The molecule has 0 saturated heterocycles. The molecule has 1 heterocycles. The van der Waals surface area contributed by atoms with E-state index in [1.54, 1.807) is 6.07 Å². The number of benzene rings is 1. The van der Waals surface area contributed by atoms with Gasteiger partial charge in [0.2, 0.25) is 0 Å². The normalized spacial score (nSPS) is 10.2. The summed E-state index contributed by atoms with van der Waals surface area (Å²) in [7, 11) is 0. The van der Waals surface area contributed by atoms with Gasteiger partial charge in [-0.3, -0.25) is 0 Å². The highest BCUT2D eigenvalue weighted by atomic mass is 35.5. The zero-order valence-corrected chi connectivity index (χ0v) is 10.1. The minimum Gasteiger partial charge on any atom is -0.358 e. The van der Waals surface area contributed by atoms with Crippen LogP contribution < -0.4 is 0 Å². The lowest BCUT2D eigenvalue weighted by Gasteiger charge is -2.01. The van der Waals surface area contributed by atoms with Crippen molar-refractivity contribution in [2.24, 2.45) is 0 Å². The van der Waals surface area contributed by atoms with E-state index in [2.05, 4.69) is 5.10 Å². The van der Waals surface area contributed by atoms with Crippen molar-refractivity contribution in [1.29, 1.82) is 5.26 Å². The first-order chi connectivity index (χ1) is 9.02. The Morgan fingerprint density at radius 2 is 2.32 bits per heavy atom. The lowest BCUT2D eigenvalue weighted by Crippen LogP contribution is -2.04. The van der Waals surface area contributed by atoms with E-state index in [-0.39, 0.29) is 22.7 Å². The van der Waals surface area contributed by atoms with Crippen molar-refractivity contribution in [1.82, 2.24) is 9.78 Å². The molecule has 0 aliphatic heterocycles. The topological polar surface area (TPSA) is 84.8 Å². The van der Waals surface area contributed by atoms with Crippen LogP contribution in [-0.4, -0.2) is 14.7 Å². The van der Waals surface area contributed by atoms with Gasteiger partial charge in [0, 0.05) is 5.56 Å². The third-order valence-corrected chi connectivity index (χ3v) is 2.67. The average Bonchev–Trinajstić information content (AvgIpc) is 2.73. The molecule has 0 unspecified atom stereocenters. The molecule has 2 aromatic rings. The smallest absolute Gasteiger partial charge is 0.358 e. The van der Waals surface area contributed by atoms with Crippen molar-refractivity contribution in [3.05, 3.63) is 56.5 Å². The monoisotopic (exact) mass is 280 g/mol. The molecule has 0 aliphatic rings. The summed E-state index contributed by atoms with van der Waals surface area (Å²) in [6.45, 7) is -0.0467. The van der Waals surface area contributed by atoms with E-state index in [1.807, 2.05) is 0 Å². The molecule has 1 aromatic heterocycles. The van der Waals surface area contributed by atoms with Crippen LogP contribution in [0.5, 0.6) is 0 Å². The Labute approximate surface area is 111 Å². The largest absolute Gasteiger partial charge is 0.408 e. The number of nitrogens with zero attached hydrogens (tertiary/aromatic N) is 4.